The molecule has 0 amide bonds. The summed E-state index contributed by atoms with van der Waals surface area (Å²) in [6.07, 6.45) is 3.52. The molecule has 0 unspecified atom stereocenters. The predicted octanol–water partition coefficient (Wildman–Crippen LogP) is 5.81. The molecule has 0 saturated heterocycles. The topological polar surface area (TPSA) is 66.8 Å². The number of aliphatic carboxylic acids is 1. The Morgan fingerprint density at radius 1 is 0.889 bits per heavy atom. The van der Waals surface area contributed by atoms with E-state index in [1.54, 1.807) is 24.3 Å². The highest BCUT2D eigenvalue weighted by Crippen LogP contribution is 2.47. The molecule has 1 aliphatic rings. The fourth-order valence-electron chi connectivity index (χ4n) is 3.62. The molecule has 0 heterocycles. The number of carbonyl (C=O) groups is 1. The third kappa shape index (κ3) is 4.00. The molecule has 2 aromatic rings. The molecule has 2 N–H and O–H groups in total. The molecule has 0 bridgehead atoms. The van der Waals surface area contributed by atoms with Crippen molar-refractivity contribution < 1.29 is 19.7 Å². The van der Waals surface area contributed by atoms with Crippen LogP contribution in [-0.4, -0.2) is 16.2 Å². The largest absolute Gasteiger partial charge is 0.502 e. The van der Waals surface area contributed by atoms with Crippen molar-refractivity contribution in [3.8, 4) is 11.5 Å². The number of carboxylic acid groups (broad SMARTS) is 1. The van der Waals surface area contributed by atoms with Crippen molar-refractivity contribution in [1.29, 1.82) is 0 Å². The summed E-state index contributed by atoms with van der Waals surface area (Å²) in [6.45, 7) is 9.14. The molecule has 0 radical (unpaired) electrons. The number of benzene rings is 2. The molecule has 0 atom stereocenters. The first-order chi connectivity index (χ1) is 12.6. The quantitative estimate of drug-likeness (QED) is 0.529. The Kier molecular flexibility index (Phi) is 4.77. The fourth-order valence-corrected chi connectivity index (χ4v) is 3.62. The van der Waals surface area contributed by atoms with E-state index in [-0.39, 0.29) is 10.8 Å². The van der Waals surface area contributed by atoms with Crippen LogP contribution in [0.4, 0.5) is 0 Å². The molecule has 0 aliphatic heterocycles. The summed E-state index contributed by atoms with van der Waals surface area (Å²) in [7, 11) is 0. The maximum Gasteiger partial charge on any atom is 0.370 e. The SMILES string of the molecule is CC1(C)CCC(C)(C)c2cc(Oc3ccc(C=C(O)C(=O)O)cc3)ccc21. The minimum atomic E-state index is -1.35. The van der Waals surface area contributed by atoms with E-state index in [0.717, 1.165) is 12.2 Å². The zero-order chi connectivity index (χ0) is 19.8. The van der Waals surface area contributed by atoms with Gasteiger partial charge in [0.2, 0.25) is 5.76 Å². The van der Waals surface area contributed by atoms with Gasteiger partial charge in [-0.05, 0) is 70.7 Å². The number of hydrogen-bond acceptors (Lipinski definition) is 3. The Morgan fingerprint density at radius 2 is 1.44 bits per heavy atom. The Morgan fingerprint density at radius 3 is 2.04 bits per heavy atom. The number of fused-ring (bicyclic) bond motifs is 1. The first-order valence-electron chi connectivity index (χ1n) is 9.15. The van der Waals surface area contributed by atoms with E-state index >= 15 is 0 Å². The van der Waals surface area contributed by atoms with Crippen LogP contribution in [0.5, 0.6) is 11.5 Å². The molecule has 4 nitrogen and oxygen atoms in total. The van der Waals surface area contributed by atoms with Crippen LogP contribution < -0.4 is 4.74 Å². The number of carboxylic acids is 1. The second kappa shape index (κ2) is 6.76. The van der Waals surface area contributed by atoms with E-state index in [1.165, 1.54) is 23.6 Å². The van der Waals surface area contributed by atoms with Crippen LogP contribution in [0.3, 0.4) is 0 Å². The highest BCUT2D eigenvalue weighted by atomic mass is 16.5. The van der Waals surface area contributed by atoms with Gasteiger partial charge in [0.15, 0.2) is 0 Å². The van der Waals surface area contributed by atoms with Crippen LogP contribution >= 0.6 is 0 Å². The average molecular weight is 366 g/mol. The lowest BCUT2D eigenvalue weighted by molar-refractivity contribution is -0.135. The maximum absolute atomic E-state index is 10.7. The van der Waals surface area contributed by atoms with Crippen LogP contribution in [0.2, 0.25) is 0 Å². The summed E-state index contributed by atoms with van der Waals surface area (Å²) in [5.41, 5.74) is 3.60. The number of ether oxygens (including phenoxy) is 1. The normalized spacial score (nSPS) is 17.9. The van der Waals surface area contributed by atoms with Gasteiger partial charge in [-0.3, -0.25) is 0 Å². The van der Waals surface area contributed by atoms with Crippen LogP contribution in [0, 0.1) is 0 Å². The zero-order valence-electron chi connectivity index (χ0n) is 16.2. The standard InChI is InChI=1S/C23H26O4/c1-22(2)11-12-23(3,4)19-14-17(9-10-18(19)22)27-16-7-5-15(6-8-16)13-20(24)21(25)26/h5-10,13-14,24H,11-12H2,1-4H3,(H,25,26). The maximum atomic E-state index is 10.7. The first-order valence-corrected chi connectivity index (χ1v) is 9.15. The van der Waals surface area contributed by atoms with Crippen LogP contribution in [-0.2, 0) is 15.6 Å². The van der Waals surface area contributed by atoms with Gasteiger partial charge in [-0.1, -0.05) is 45.9 Å². The molecule has 4 heteroatoms. The molecular formula is C23H26O4. The summed E-state index contributed by atoms with van der Waals surface area (Å²) >= 11 is 0. The molecular weight excluding hydrogens is 340 g/mol. The van der Waals surface area contributed by atoms with Crippen molar-refractivity contribution in [2.45, 2.75) is 51.4 Å². The lowest BCUT2D eigenvalue weighted by Gasteiger charge is -2.41. The van der Waals surface area contributed by atoms with Gasteiger partial charge >= 0.3 is 5.97 Å². The molecule has 27 heavy (non-hydrogen) atoms. The number of aliphatic hydroxyl groups excluding tert-OH is 1. The van der Waals surface area contributed by atoms with Crippen LogP contribution in [0.25, 0.3) is 6.08 Å². The van der Waals surface area contributed by atoms with Gasteiger partial charge in [0.25, 0.3) is 0 Å². The van der Waals surface area contributed by atoms with Gasteiger partial charge in [0.1, 0.15) is 11.5 Å². The molecule has 142 valence electrons. The molecule has 0 saturated carbocycles. The summed E-state index contributed by atoms with van der Waals surface area (Å²) < 4.78 is 6.01. The van der Waals surface area contributed by atoms with Gasteiger partial charge in [-0.15, -0.1) is 0 Å². The monoisotopic (exact) mass is 366 g/mol. The van der Waals surface area contributed by atoms with E-state index in [4.69, 9.17) is 9.84 Å². The highest BCUT2D eigenvalue weighted by Gasteiger charge is 2.37. The van der Waals surface area contributed by atoms with E-state index in [1.807, 2.05) is 6.07 Å². The third-order valence-corrected chi connectivity index (χ3v) is 5.46. The van der Waals surface area contributed by atoms with Gasteiger partial charge in [0, 0.05) is 0 Å². The molecule has 0 spiro atoms. The molecule has 1 aliphatic carbocycles. The van der Waals surface area contributed by atoms with Gasteiger partial charge in [0.05, 0.1) is 0 Å². The minimum absolute atomic E-state index is 0.118. The van der Waals surface area contributed by atoms with Gasteiger partial charge in [-0.2, -0.15) is 0 Å². The first kappa shape index (κ1) is 19.0. The van der Waals surface area contributed by atoms with Gasteiger partial charge < -0.3 is 14.9 Å². The number of rotatable bonds is 4. The summed E-state index contributed by atoms with van der Waals surface area (Å²) in [5.74, 6) is -0.593. The second-order valence-electron chi connectivity index (χ2n) is 8.48. The Hall–Kier alpha value is -2.75. The van der Waals surface area contributed by atoms with E-state index in [9.17, 15) is 9.90 Å². The third-order valence-electron chi connectivity index (χ3n) is 5.46. The highest BCUT2D eigenvalue weighted by molar-refractivity contribution is 5.89. The Balaban J connectivity index is 1.85. The predicted molar refractivity (Wildman–Crippen MR) is 106 cm³/mol. The lowest BCUT2D eigenvalue weighted by atomic mass is 9.63. The summed E-state index contributed by atoms with van der Waals surface area (Å²) in [4.78, 5) is 10.7. The van der Waals surface area contributed by atoms with E-state index in [2.05, 4.69) is 39.8 Å². The minimum Gasteiger partial charge on any atom is -0.502 e. The summed E-state index contributed by atoms with van der Waals surface area (Å²) in [5, 5.41) is 18.0. The van der Waals surface area contributed by atoms with Crippen molar-refractivity contribution in [2.24, 2.45) is 0 Å². The zero-order valence-corrected chi connectivity index (χ0v) is 16.2. The fraction of sp³-hybridized carbons (Fsp3) is 0.348. The number of hydrogen-bond donors (Lipinski definition) is 2. The Bertz CT molecular complexity index is 889. The van der Waals surface area contributed by atoms with E-state index in [0.29, 0.717) is 11.3 Å². The van der Waals surface area contributed by atoms with Gasteiger partial charge in [-0.25, -0.2) is 4.79 Å². The van der Waals surface area contributed by atoms with Crippen molar-refractivity contribution in [3.63, 3.8) is 0 Å². The lowest BCUT2D eigenvalue weighted by Crippen LogP contribution is -2.33. The molecule has 0 aromatic heterocycles. The smallest absolute Gasteiger partial charge is 0.370 e. The van der Waals surface area contributed by atoms with Crippen molar-refractivity contribution in [3.05, 3.63) is 64.9 Å². The van der Waals surface area contributed by atoms with Crippen molar-refractivity contribution in [1.82, 2.24) is 0 Å². The summed E-state index contributed by atoms with van der Waals surface area (Å²) in [6, 6.07) is 13.3. The van der Waals surface area contributed by atoms with Crippen LogP contribution in [0.15, 0.2) is 48.2 Å². The molecule has 3 rings (SSSR count). The number of aliphatic hydroxyl groups is 1. The van der Waals surface area contributed by atoms with Crippen molar-refractivity contribution >= 4 is 12.0 Å². The van der Waals surface area contributed by atoms with Crippen LogP contribution in [0.1, 0.15) is 57.2 Å². The molecule has 0 fully saturated rings. The Labute approximate surface area is 160 Å². The van der Waals surface area contributed by atoms with E-state index < -0.39 is 11.7 Å². The second-order valence-corrected chi connectivity index (χ2v) is 8.48. The van der Waals surface area contributed by atoms with Crippen molar-refractivity contribution in [2.75, 3.05) is 0 Å². The average Bonchev–Trinajstić information content (AvgIpc) is 2.61. The molecule has 2 aromatic carbocycles.